The highest BCUT2D eigenvalue weighted by atomic mass is 16.7. The second-order valence-corrected chi connectivity index (χ2v) is 3.40. The van der Waals surface area contributed by atoms with Gasteiger partial charge in [0.15, 0.2) is 0 Å². The van der Waals surface area contributed by atoms with Crippen LogP contribution >= 0.6 is 0 Å². The number of carboxylic acid groups (broad SMARTS) is 1. The van der Waals surface area contributed by atoms with Gasteiger partial charge in [-0.2, -0.15) is 0 Å². The van der Waals surface area contributed by atoms with Crippen LogP contribution < -0.4 is 5.06 Å². The van der Waals surface area contributed by atoms with E-state index in [0.717, 1.165) is 5.06 Å². The molecule has 0 heterocycles. The van der Waals surface area contributed by atoms with Gasteiger partial charge in [0.1, 0.15) is 19.3 Å². The zero-order valence-corrected chi connectivity index (χ0v) is 9.19. The largest absolute Gasteiger partial charge is 0.480 e. The van der Waals surface area contributed by atoms with E-state index in [1.807, 2.05) is 0 Å². The van der Waals surface area contributed by atoms with E-state index in [9.17, 15) is 4.79 Å². The summed E-state index contributed by atoms with van der Waals surface area (Å²) in [6.07, 6.45) is -1.03. The molecule has 0 amide bonds. The lowest BCUT2D eigenvalue weighted by molar-refractivity contribution is -0.137. The number of anilines is 1. The minimum atomic E-state index is -1.05. The second kappa shape index (κ2) is 6.85. The van der Waals surface area contributed by atoms with E-state index in [1.165, 1.54) is 0 Å². The molecule has 0 saturated heterocycles. The number of hydroxylamine groups is 1. The molecule has 6 nitrogen and oxygen atoms in total. The van der Waals surface area contributed by atoms with Crippen LogP contribution in [0.15, 0.2) is 30.3 Å². The van der Waals surface area contributed by atoms with Crippen LogP contribution in [0, 0.1) is 0 Å². The van der Waals surface area contributed by atoms with Gasteiger partial charge in [0.25, 0.3) is 0 Å². The highest BCUT2D eigenvalue weighted by Gasteiger charge is 2.13. The molecule has 0 aromatic heterocycles. The number of hydrogen-bond acceptors (Lipinski definition) is 5. The predicted octanol–water partition coefficient (Wildman–Crippen LogP) is -0.138. The number of para-hydroxylation sites is 1. The smallest absolute Gasteiger partial charge is 0.325 e. The lowest BCUT2D eigenvalue weighted by atomic mass is 10.3. The normalized spacial score (nSPS) is 12.1. The Morgan fingerprint density at radius 2 is 2.00 bits per heavy atom. The van der Waals surface area contributed by atoms with Crippen LogP contribution in [0.3, 0.4) is 0 Å². The Balaban J connectivity index is 2.64. The van der Waals surface area contributed by atoms with Gasteiger partial charge in [-0.15, -0.1) is 0 Å². The summed E-state index contributed by atoms with van der Waals surface area (Å²) in [4.78, 5) is 15.8. The Morgan fingerprint density at radius 3 is 2.53 bits per heavy atom. The summed E-state index contributed by atoms with van der Waals surface area (Å²) in [7, 11) is 0. The van der Waals surface area contributed by atoms with E-state index in [1.54, 1.807) is 30.3 Å². The summed E-state index contributed by atoms with van der Waals surface area (Å²) in [6.45, 7) is -0.948. The number of hydrogen-bond donors (Lipinski definition) is 3. The molecular formula is C11H15NO5. The maximum atomic E-state index is 10.7. The van der Waals surface area contributed by atoms with Gasteiger partial charge in [-0.25, -0.2) is 5.06 Å². The van der Waals surface area contributed by atoms with Crippen LogP contribution in [-0.4, -0.2) is 47.2 Å². The molecule has 0 bridgehead atoms. The van der Waals surface area contributed by atoms with Crippen molar-refractivity contribution >= 4 is 11.7 Å². The first-order valence-electron chi connectivity index (χ1n) is 5.09. The first-order valence-corrected chi connectivity index (χ1v) is 5.09. The van der Waals surface area contributed by atoms with E-state index in [4.69, 9.17) is 20.2 Å². The second-order valence-electron chi connectivity index (χ2n) is 3.40. The summed E-state index contributed by atoms with van der Waals surface area (Å²) >= 11 is 0. The molecule has 0 aliphatic heterocycles. The van der Waals surface area contributed by atoms with E-state index >= 15 is 0 Å². The summed E-state index contributed by atoms with van der Waals surface area (Å²) in [5.41, 5.74) is 0.569. The van der Waals surface area contributed by atoms with Crippen LogP contribution in [0.1, 0.15) is 0 Å². The fourth-order valence-electron chi connectivity index (χ4n) is 1.16. The van der Waals surface area contributed by atoms with Gasteiger partial charge in [0.2, 0.25) is 0 Å². The van der Waals surface area contributed by atoms with Gasteiger partial charge in [-0.3, -0.25) is 9.63 Å². The number of nitrogens with zero attached hydrogens (tertiary/aromatic N) is 1. The Hall–Kier alpha value is -1.63. The molecule has 6 heteroatoms. The number of rotatable bonds is 7. The summed E-state index contributed by atoms with van der Waals surface area (Å²) in [5.74, 6) is -1.05. The first-order chi connectivity index (χ1) is 8.13. The molecule has 1 unspecified atom stereocenters. The van der Waals surface area contributed by atoms with Crippen LogP contribution in [-0.2, 0) is 9.63 Å². The van der Waals surface area contributed by atoms with Crippen molar-refractivity contribution in [3.05, 3.63) is 30.3 Å². The molecule has 0 fully saturated rings. The highest BCUT2D eigenvalue weighted by Crippen LogP contribution is 2.13. The average Bonchev–Trinajstić information content (AvgIpc) is 2.34. The molecular weight excluding hydrogens is 226 g/mol. The van der Waals surface area contributed by atoms with Gasteiger partial charge in [-0.05, 0) is 12.1 Å². The molecule has 0 spiro atoms. The van der Waals surface area contributed by atoms with Gasteiger partial charge < -0.3 is 15.3 Å². The zero-order valence-electron chi connectivity index (χ0n) is 9.19. The monoisotopic (exact) mass is 241 g/mol. The van der Waals surface area contributed by atoms with Crippen LogP contribution in [0.5, 0.6) is 0 Å². The standard InChI is InChI=1S/C11H15NO5/c13-7-10(14)8-17-12(6-11(15)16)9-4-2-1-3-5-9/h1-5,10,13-14H,6-8H2,(H,15,16). The van der Waals surface area contributed by atoms with Crippen molar-refractivity contribution in [3.63, 3.8) is 0 Å². The zero-order chi connectivity index (χ0) is 12.7. The number of carbonyl (C=O) groups is 1. The molecule has 1 aromatic rings. The predicted molar refractivity (Wildman–Crippen MR) is 60.5 cm³/mol. The lowest BCUT2D eigenvalue weighted by Crippen LogP contribution is -2.33. The van der Waals surface area contributed by atoms with Crippen molar-refractivity contribution in [2.75, 3.05) is 24.8 Å². The van der Waals surface area contributed by atoms with Crippen molar-refractivity contribution in [2.45, 2.75) is 6.10 Å². The summed E-state index contributed by atoms with van der Waals surface area (Å²) in [6, 6.07) is 8.67. The molecule has 1 rings (SSSR count). The lowest BCUT2D eigenvalue weighted by Gasteiger charge is -2.23. The minimum Gasteiger partial charge on any atom is -0.480 e. The molecule has 94 valence electrons. The third-order valence-corrected chi connectivity index (χ3v) is 1.96. The molecule has 1 atom stereocenters. The Morgan fingerprint density at radius 1 is 1.35 bits per heavy atom. The van der Waals surface area contributed by atoms with Gasteiger partial charge in [-0.1, -0.05) is 18.2 Å². The van der Waals surface area contributed by atoms with Crippen LogP contribution in [0.4, 0.5) is 5.69 Å². The molecule has 3 N–H and O–H groups in total. The SMILES string of the molecule is O=C(O)CN(OCC(O)CO)c1ccccc1. The number of aliphatic hydroxyl groups is 2. The van der Waals surface area contributed by atoms with Crippen LogP contribution in [0.2, 0.25) is 0 Å². The average molecular weight is 241 g/mol. The van der Waals surface area contributed by atoms with Crippen molar-refractivity contribution in [1.29, 1.82) is 0 Å². The van der Waals surface area contributed by atoms with Crippen molar-refractivity contribution in [2.24, 2.45) is 0 Å². The van der Waals surface area contributed by atoms with Crippen molar-refractivity contribution < 1.29 is 25.0 Å². The van der Waals surface area contributed by atoms with Crippen LogP contribution in [0.25, 0.3) is 0 Å². The molecule has 0 aliphatic rings. The molecule has 1 aromatic carbocycles. The topological polar surface area (TPSA) is 90.2 Å². The Labute approximate surface area is 98.6 Å². The molecule has 17 heavy (non-hydrogen) atoms. The minimum absolute atomic E-state index is 0.168. The maximum absolute atomic E-state index is 10.7. The quantitative estimate of drug-likeness (QED) is 0.576. The number of benzene rings is 1. The molecule has 0 aliphatic carbocycles. The van der Waals surface area contributed by atoms with Gasteiger partial charge >= 0.3 is 5.97 Å². The molecule has 0 radical (unpaired) electrons. The maximum Gasteiger partial charge on any atom is 0.325 e. The third-order valence-electron chi connectivity index (χ3n) is 1.96. The fraction of sp³-hybridized carbons (Fsp3) is 0.364. The number of aliphatic hydroxyl groups excluding tert-OH is 2. The van der Waals surface area contributed by atoms with E-state index in [-0.39, 0.29) is 13.2 Å². The first kappa shape index (κ1) is 13.4. The fourth-order valence-corrected chi connectivity index (χ4v) is 1.16. The van der Waals surface area contributed by atoms with Gasteiger partial charge in [0, 0.05) is 0 Å². The molecule has 0 saturated carbocycles. The highest BCUT2D eigenvalue weighted by molar-refractivity contribution is 5.72. The number of aliphatic carboxylic acids is 1. The number of carboxylic acids is 1. The Kier molecular flexibility index (Phi) is 5.41. The summed E-state index contributed by atoms with van der Waals surface area (Å²) in [5, 5.41) is 27.7. The van der Waals surface area contributed by atoms with Crippen molar-refractivity contribution in [3.8, 4) is 0 Å². The Bertz CT molecular complexity index is 343. The van der Waals surface area contributed by atoms with E-state index in [2.05, 4.69) is 0 Å². The van der Waals surface area contributed by atoms with Gasteiger partial charge in [0.05, 0.1) is 12.3 Å². The third kappa shape index (κ3) is 4.81. The van der Waals surface area contributed by atoms with Crippen molar-refractivity contribution in [1.82, 2.24) is 0 Å². The van der Waals surface area contributed by atoms with E-state index in [0.29, 0.717) is 5.69 Å². The summed E-state index contributed by atoms with van der Waals surface area (Å²) < 4.78 is 0. The van der Waals surface area contributed by atoms with E-state index < -0.39 is 18.7 Å².